The van der Waals surface area contributed by atoms with E-state index < -0.39 is 0 Å². The molecular weight excluding hydrogens is 661 g/mol. The van der Waals surface area contributed by atoms with Crippen molar-refractivity contribution >= 4 is 87.5 Å². The summed E-state index contributed by atoms with van der Waals surface area (Å²) >= 11 is 0. The summed E-state index contributed by atoms with van der Waals surface area (Å²) in [5.74, 6) is 0. The van der Waals surface area contributed by atoms with Crippen LogP contribution < -0.4 is 0 Å². The van der Waals surface area contributed by atoms with Crippen LogP contribution in [0.2, 0.25) is 0 Å². The summed E-state index contributed by atoms with van der Waals surface area (Å²) in [6.45, 7) is 4.31. The molecular formula is C50H32N2O2. The topological polar surface area (TPSA) is 36.1 Å². The first kappa shape index (κ1) is 29.5. The molecule has 0 aliphatic carbocycles. The molecule has 0 atom stereocenters. The molecule has 0 amide bonds. The van der Waals surface area contributed by atoms with Gasteiger partial charge in [0.1, 0.15) is 22.3 Å². The summed E-state index contributed by atoms with van der Waals surface area (Å²) < 4.78 is 17.6. The second kappa shape index (κ2) is 10.8. The van der Waals surface area contributed by atoms with E-state index in [-0.39, 0.29) is 0 Å². The average Bonchev–Trinajstić information content (AvgIpc) is 3.94. The van der Waals surface area contributed by atoms with Crippen molar-refractivity contribution in [2.24, 2.45) is 0 Å². The molecule has 0 aliphatic heterocycles. The number of aromatic nitrogens is 2. The molecule has 0 saturated heterocycles. The zero-order chi connectivity index (χ0) is 35.7. The van der Waals surface area contributed by atoms with Gasteiger partial charge in [-0.25, -0.2) is 0 Å². The van der Waals surface area contributed by atoms with Crippen LogP contribution in [0.1, 0.15) is 11.1 Å². The lowest BCUT2D eigenvalue weighted by atomic mass is 10.0. The molecule has 254 valence electrons. The molecule has 0 N–H and O–H groups in total. The van der Waals surface area contributed by atoms with Crippen LogP contribution in [-0.4, -0.2) is 9.13 Å². The molecule has 0 aliphatic rings. The molecule has 4 nitrogen and oxygen atoms in total. The summed E-state index contributed by atoms with van der Waals surface area (Å²) in [5.41, 5.74) is 15.3. The smallest absolute Gasteiger partial charge is 0.135 e. The Morgan fingerprint density at radius 1 is 0.315 bits per heavy atom. The van der Waals surface area contributed by atoms with Crippen molar-refractivity contribution in [3.63, 3.8) is 0 Å². The van der Waals surface area contributed by atoms with Gasteiger partial charge in [-0.2, -0.15) is 0 Å². The van der Waals surface area contributed by atoms with Gasteiger partial charge in [0.25, 0.3) is 0 Å². The normalized spacial score (nSPS) is 12.3. The fourth-order valence-electron chi connectivity index (χ4n) is 8.90. The zero-order valence-electron chi connectivity index (χ0n) is 29.7. The molecule has 8 aromatic carbocycles. The second-order valence-corrected chi connectivity index (χ2v) is 14.7. The van der Waals surface area contributed by atoms with Gasteiger partial charge in [-0.1, -0.05) is 71.8 Å². The Kier molecular flexibility index (Phi) is 5.88. The van der Waals surface area contributed by atoms with Crippen molar-refractivity contribution in [3.8, 4) is 22.5 Å². The van der Waals surface area contributed by atoms with Crippen LogP contribution in [0.4, 0.5) is 0 Å². The Labute approximate surface area is 309 Å². The van der Waals surface area contributed by atoms with E-state index in [9.17, 15) is 0 Å². The third-order valence-electron chi connectivity index (χ3n) is 11.4. The molecule has 0 unspecified atom stereocenters. The monoisotopic (exact) mass is 692 g/mol. The summed E-state index contributed by atoms with van der Waals surface area (Å²) in [6.07, 6.45) is 0. The van der Waals surface area contributed by atoms with Gasteiger partial charge in [-0.15, -0.1) is 0 Å². The Balaban J connectivity index is 1.01. The van der Waals surface area contributed by atoms with Crippen molar-refractivity contribution in [2.45, 2.75) is 13.8 Å². The highest BCUT2D eigenvalue weighted by molar-refractivity contribution is 6.13. The van der Waals surface area contributed by atoms with Crippen LogP contribution in [0.25, 0.3) is 110 Å². The lowest BCUT2D eigenvalue weighted by molar-refractivity contribution is 0.668. The van der Waals surface area contributed by atoms with Gasteiger partial charge in [-0.05, 0) is 122 Å². The standard InChI is InChI=1S/C50H32N2O2/c1-29-11-17-45-37(23-29)35-7-3-5-9-43(35)51(45)33-15-21-49-41(27-33)39-25-31(13-19-47(39)53-49)32-14-20-48-40(26-32)42-28-34(16-22-50(42)54-48)52-44-10-6-4-8-36(44)38-24-30(2)12-18-46(38)52/h3-28H,1-2H3. The van der Waals surface area contributed by atoms with E-state index in [2.05, 4.69) is 181 Å². The van der Waals surface area contributed by atoms with E-state index in [1.54, 1.807) is 0 Å². The van der Waals surface area contributed by atoms with Gasteiger partial charge >= 0.3 is 0 Å². The van der Waals surface area contributed by atoms with Gasteiger partial charge in [0.2, 0.25) is 0 Å². The van der Waals surface area contributed by atoms with Gasteiger partial charge in [-0.3, -0.25) is 0 Å². The lowest BCUT2D eigenvalue weighted by Gasteiger charge is -2.08. The number of hydrogen-bond acceptors (Lipinski definition) is 2. The molecule has 0 spiro atoms. The first-order valence-electron chi connectivity index (χ1n) is 18.5. The minimum atomic E-state index is 0.879. The fraction of sp³-hybridized carbons (Fsp3) is 0.0400. The summed E-state index contributed by atoms with van der Waals surface area (Å²) in [7, 11) is 0. The van der Waals surface area contributed by atoms with Gasteiger partial charge < -0.3 is 18.0 Å². The zero-order valence-corrected chi connectivity index (χ0v) is 29.7. The molecule has 12 aromatic rings. The highest BCUT2D eigenvalue weighted by Crippen LogP contribution is 2.40. The van der Waals surface area contributed by atoms with Crippen LogP contribution in [-0.2, 0) is 0 Å². The molecule has 0 bridgehead atoms. The number of rotatable bonds is 3. The van der Waals surface area contributed by atoms with Crippen molar-refractivity contribution < 1.29 is 8.83 Å². The Hall–Kier alpha value is -7.04. The number of hydrogen-bond donors (Lipinski definition) is 0. The first-order valence-corrected chi connectivity index (χ1v) is 18.5. The maximum absolute atomic E-state index is 6.41. The maximum atomic E-state index is 6.41. The molecule has 0 saturated carbocycles. The molecule has 0 radical (unpaired) electrons. The van der Waals surface area contributed by atoms with Crippen LogP contribution in [0.15, 0.2) is 167 Å². The van der Waals surface area contributed by atoms with Crippen LogP contribution in [0, 0.1) is 13.8 Å². The Bertz CT molecular complexity index is 3300. The minimum Gasteiger partial charge on any atom is -0.456 e. The molecule has 4 heterocycles. The molecule has 54 heavy (non-hydrogen) atoms. The molecule has 4 aromatic heterocycles. The lowest BCUT2D eigenvalue weighted by Crippen LogP contribution is -1.93. The largest absolute Gasteiger partial charge is 0.456 e. The minimum absolute atomic E-state index is 0.879. The Morgan fingerprint density at radius 2 is 0.704 bits per heavy atom. The predicted molar refractivity (Wildman–Crippen MR) is 225 cm³/mol. The number of fused-ring (bicyclic) bond motifs is 12. The van der Waals surface area contributed by atoms with Gasteiger partial charge in [0.05, 0.1) is 22.1 Å². The van der Waals surface area contributed by atoms with Crippen molar-refractivity contribution in [1.82, 2.24) is 9.13 Å². The number of benzene rings is 8. The average molecular weight is 693 g/mol. The van der Waals surface area contributed by atoms with E-state index in [0.717, 1.165) is 66.4 Å². The Morgan fingerprint density at radius 3 is 1.17 bits per heavy atom. The fourth-order valence-corrected chi connectivity index (χ4v) is 8.90. The van der Waals surface area contributed by atoms with E-state index >= 15 is 0 Å². The van der Waals surface area contributed by atoms with E-state index in [0.29, 0.717) is 0 Å². The third kappa shape index (κ3) is 4.13. The maximum Gasteiger partial charge on any atom is 0.135 e. The summed E-state index contributed by atoms with van der Waals surface area (Å²) in [4.78, 5) is 0. The quantitative estimate of drug-likeness (QED) is 0.185. The molecule has 4 heteroatoms. The predicted octanol–water partition coefficient (Wildman–Crippen LogP) is 14.0. The second-order valence-electron chi connectivity index (χ2n) is 14.7. The number of aryl methyl sites for hydroxylation is 2. The summed E-state index contributed by atoms with van der Waals surface area (Å²) in [6, 6.07) is 57.0. The SMILES string of the molecule is Cc1ccc2c(c1)c1ccccc1n2-c1ccc2oc3ccc(-c4ccc5oc6ccc(-n7c8ccccc8c8cc(C)ccc87)cc6c5c4)cc3c2c1. The van der Waals surface area contributed by atoms with Crippen LogP contribution in [0.3, 0.4) is 0 Å². The third-order valence-corrected chi connectivity index (χ3v) is 11.4. The van der Waals surface area contributed by atoms with E-state index in [4.69, 9.17) is 8.83 Å². The summed E-state index contributed by atoms with van der Waals surface area (Å²) in [5, 5.41) is 9.45. The van der Waals surface area contributed by atoms with Gasteiger partial charge in [0.15, 0.2) is 0 Å². The van der Waals surface area contributed by atoms with Crippen molar-refractivity contribution in [2.75, 3.05) is 0 Å². The first-order chi connectivity index (χ1) is 26.6. The van der Waals surface area contributed by atoms with Crippen LogP contribution in [0.5, 0.6) is 0 Å². The van der Waals surface area contributed by atoms with Crippen molar-refractivity contribution in [3.05, 3.63) is 169 Å². The van der Waals surface area contributed by atoms with Crippen molar-refractivity contribution in [1.29, 1.82) is 0 Å². The molecule has 0 fully saturated rings. The number of para-hydroxylation sites is 2. The highest BCUT2D eigenvalue weighted by atomic mass is 16.3. The van der Waals surface area contributed by atoms with Crippen LogP contribution >= 0.6 is 0 Å². The van der Waals surface area contributed by atoms with E-state index in [1.807, 2.05) is 0 Å². The highest BCUT2D eigenvalue weighted by Gasteiger charge is 2.17. The number of nitrogens with zero attached hydrogens (tertiary/aromatic N) is 2. The van der Waals surface area contributed by atoms with E-state index in [1.165, 1.54) is 54.7 Å². The molecule has 12 rings (SSSR count). The van der Waals surface area contributed by atoms with Gasteiger partial charge in [0, 0.05) is 54.5 Å². The number of furan rings is 2.